The van der Waals surface area contributed by atoms with E-state index in [1.54, 1.807) is 38.5 Å². The number of rotatable bonds is 8. The maximum Gasteiger partial charge on any atom is 0.246 e. The van der Waals surface area contributed by atoms with E-state index in [9.17, 15) is 4.79 Å². The highest BCUT2D eigenvalue weighted by Crippen LogP contribution is 2.25. The van der Waals surface area contributed by atoms with Crippen LogP contribution < -0.4 is 9.47 Å². The summed E-state index contributed by atoms with van der Waals surface area (Å²) in [5, 5.41) is 17.3. The molecule has 0 spiro atoms. The number of methoxy groups -OCH3 is 2. The van der Waals surface area contributed by atoms with Gasteiger partial charge in [-0.05, 0) is 18.2 Å². The van der Waals surface area contributed by atoms with Crippen LogP contribution in [0.5, 0.6) is 11.5 Å². The highest BCUT2D eigenvalue weighted by Gasteiger charge is 2.10. The Kier molecular flexibility index (Phi) is 7.74. The summed E-state index contributed by atoms with van der Waals surface area (Å²) in [5.41, 5.74) is 0.738. The molecular weight excluding hydrogens is 294 g/mol. The van der Waals surface area contributed by atoms with Crippen molar-refractivity contribution in [2.45, 2.75) is 12.8 Å². The number of nitrogens with zero attached hydrogens (tertiary/aromatic N) is 3. The van der Waals surface area contributed by atoms with Gasteiger partial charge in [-0.25, -0.2) is 0 Å². The van der Waals surface area contributed by atoms with Crippen molar-refractivity contribution in [1.82, 2.24) is 4.90 Å². The second kappa shape index (κ2) is 9.86. The molecule has 120 valence electrons. The van der Waals surface area contributed by atoms with Crippen LogP contribution in [0.15, 0.2) is 24.3 Å². The molecule has 0 saturated carbocycles. The summed E-state index contributed by atoms with van der Waals surface area (Å²) in [6.45, 7) is 0.613. The molecule has 6 heteroatoms. The maximum atomic E-state index is 12.2. The largest absolute Gasteiger partial charge is 0.497 e. The molecule has 0 fully saturated rings. The quantitative estimate of drug-likeness (QED) is 0.688. The Bertz CT molecular complexity index is 623. The van der Waals surface area contributed by atoms with E-state index in [0.29, 0.717) is 24.6 Å². The van der Waals surface area contributed by atoms with Gasteiger partial charge in [-0.2, -0.15) is 10.5 Å². The van der Waals surface area contributed by atoms with Crippen LogP contribution in [0.25, 0.3) is 6.08 Å². The van der Waals surface area contributed by atoms with Crippen LogP contribution in [0.1, 0.15) is 18.4 Å². The average molecular weight is 313 g/mol. The molecular formula is C17H19N3O3. The Labute approximate surface area is 136 Å². The Hall–Kier alpha value is -2.99. The summed E-state index contributed by atoms with van der Waals surface area (Å²) in [5.74, 6) is 1.01. The molecule has 0 unspecified atom stereocenters. The minimum atomic E-state index is -0.242. The number of hydrogen-bond donors (Lipinski definition) is 0. The summed E-state index contributed by atoms with van der Waals surface area (Å²) in [6, 6.07) is 9.29. The molecule has 0 aliphatic rings. The fraction of sp³-hybridized carbons (Fsp3) is 0.353. The van der Waals surface area contributed by atoms with Crippen molar-refractivity contribution in [2.24, 2.45) is 0 Å². The minimum Gasteiger partial charge on any atom is -0.497 e. The predicted molar refractivity (Wildman–Crippen MR) is 85.6 cm³/mol. The Balaban J connectivity index is 2.86. The number of hydrogen-bond acceptors (Lipinski definition) is 5. The number of carbonyl (C=O) groups excluding carboxylic acids is 1. The van der Waals surface area contributed by atoms with E-state index in [0.717, 1.165) is 5.56 Å². The second-order valence-electron chi connectivity index (χ2n) is 4.58. The Morgan fingerprint density at radius 1 is 1.17 bits per heavy atom. The highest BCUT2D eigenvalue weighted by atomic mass is 16.5. The van der Waals surface area contributed by atoms with Gasteiger partial charge < -0.3 is 14.4 Å². The minimum absolute atomic E-state index is 0.233. The lowest BCUT2D eigenvalue weighted by molar-refractivity contribution is -0.125. The topological polar surface area (TPSA) is 86.4 Å². The van der Waals surface area contributed by atoms with E-state index < -0.39 is 0 Å². The van der Waals surface area contributed by atoms with E-state index in [-0.39, 0.29) is 18.7 Å². The Morgan fingerprint density at radius 2 is 1.83 bits per heavy atom. The molecule has 0 aliphatic carbocycles. The fourth-order valence-electron chi connectivity index (χ4n) is 1.92. The summed E-state index contributed by atoms with van der Waals surface area (Å²) in [7, 11) is 3.11. The van der Waals surface area contributed by atoms with Gasteiger partial charge in [0.15, 0.2) is 0 Å². The molecule has 6 nitrogen and oxygen atoms in total. The Morgan fingerprint density at radius 3 is 2.35 bits per heavy atom. The molecule has 0 atom stereocenters. The van der Waals surface area contributed by atoms with Gasteiger partial charge in [-0.15, -0.1) is 0 Å². The third-order valence-electron chi connectivity index (χ3n) is 3.14. The molecule has 1 amide bonds. The standard InChI is InChI=1S/C17H19N3O3/c1-22-15-7-5-14(16(13-15)23-2)6-8-17(21)20(11-3-9-18)12-4-10-19/h5-8,13H,3-4,11-12H2,1-2H3/b8-6-. The zero-order valence-corrected chi connectivity index (χ0v) is 13.3. The monoisotopic (exact) mass is 313 g/mol. The summed E-state index contributed by atoms with van der Waals surface area (Å²) in [4.78, 5) is 13.7. The van der Waals surface area contributed by atoms with Crippen molar-refractivity contribution in [3.8, 4) is 23.6 Å². The van der Waals surface area contributed by atoms with E-state index in [4.69, 9.17) is 20.0 Å². The van der Waals surface area contributed by atoms with E-state index >= 15 is 0 Å². The van der Waals surface area contributed by atoms with Crippen LogP contribution in [0.3, 0.4) is 0 Å². The molecule has 1 aromatic carbocycles. The van der Waals surface area contributed by atoms with Crippen LogP contribution in [0.2, 0.25) is 0 Å². The van der Waals surface area contributed by atoms with Crippen LogP contribution in [-0.4, -0.2) is 38.1 Å². The number of amides is 1. The van der Waals surface area contributed by atoms with Crippen LogP contribution in [0, 0.1) is 22.7 Å². The second-order valence-corrected chi connectivity index (χ2v) is 4.58. The van der Waals surface area contributed by atoms with E-state index in [1.165, 1.54) is 11.0 Å². The first-order valence-corrected chi connectivity index (χ1v) is 7.09. The van der Waals surface area contributed by atoms with Gasteiger partial charge in [0.05, 0.1) is 39.2 Å². The van der Waals surface area contributed by atoms with Crippen molar-refractivity contribution in [1.29, 1.82) is 10.5 Å². The molecule has 1 rings (SSSR count). The normalized spacial score (nSPS) is 9.91. The zero-order valence-electron chi connectivity index (χ0n) is 13.3. The molecule has 0 aromatic heterocycles. The van der Waals surface area contributed by atoms with Crippen molar-refractivity contribution >= 4 is 12.0 Å². The predicted octanol–water partition coefficient (Wildman–Crippen LogP) is 2.37. The van der Waals surface area contributed by atoms with Crippen LogP contribution in [0.4, 0.5) is 0 Å². The molecule has 0 N–H and O–H groups in total. The molecule has 0 heterocycles. The van der Waals surface area contributed by atoms with E-state index in [2.05, 4.69) is 0 Å². The molecule has 23 heavy (non-hydrogen) atoms. The fourth-order valence-corrected chi connectivity index (χ4v) is 1.92. The van der Waals surface area contributed by atoms with Crippen LogP contribution in [-0.2, 0) is 4.79 Å². The van der Waals surface area contributed by atoms with Gasteiger partial charge in [0.1, 0.15) is 11.5 Å². The third kappa shape index (κ3) is 5.72. The molecule has 0 radical (unpaired) electrons. The van der Waals surface area contributed by atoms with E-state index in [1.807, 2.05) is 12.1 Å². The van der Waals surface area contributed by atoms with Gasteiger partial charge in [0.2, 0.25) is 5.91 Å². The summed E-state index contributed by atoms with van der Waals surface area (Å²) < 4.78 is 10.4. The lowest BCUT2D eigenvalue weighted by Crippen LogP contribution is -2.31. The van der Waals surface area contributed by atoms with Crippen LogP contribution >= 0.6 is 0 Å². The third-order valence-corrected chi connectivity index (χ3v) is 3.14. The van der Waals surface area contributed by atoms with Crippen molar-refractivity contribution in [2.75, 3.05) is 27.3 Å². The first-order valence-electron chi connectivity index (χ1n) is 7.09. The summed E-state index contributed by atoms with van der Waals surface area (Å²) in [6.07, 6.45) is 3.53. The average Bonchev–Trinajstić information content (AvgIpc) is 2.59. The van der Waals surface area contributed by atoms with Gasteiger partial charge in [-0.3, -0.25) is 4.79 Å². The number of benzene rings is 1. The van der Waals surface area contributed by atoms with Gasteiger partial charge in [0, 0.05) is 30.8 Å². The van der Waals surface area contributed by atoms with Crippen molar-refractivity contribution in [3.63, 3.8) is 0 Å². The smallest absolute Gasteiger partial charge is 0.246 e. The summed E-state index contributed by atoms with van der Waals surface area (Å²) >= 11 is 0. The zero-order chi connectivity index (χ0) is 17.1. The number of carbonyl (C=O) groups is 1. The van der Waals surface area contributed by atoms with Gasteiger partial charge in [-0.1, -0.05) is 0 Å². The number of nitriles is 2. The van der Waals surface area contributed by atoms with Crippen molar-refractivity contribution < 1.29 is 14.3 Å². The first kappa shape index (κ1) is 18.1. The SMILES string of the molecule is COc1ccc(/C=C\C(=O)N(CCC#N)CCC#N)c(OC)c1. The molecule has 0 aliphatic heterocycles. The molecule has 0 saturated heterocycles. The molecule has 1 aromatic rings. The lowest BCUT2D eigenvalue weighted by atomic mass is 10.1. The molecule has 0 bridgehead atoms. The maximum absolute atomic E-state index is 12.2. The number of ether oxygens (including phenoxy) is 2. The first-order chi connectivity index (χ1) is 11.2. The van der Waals surface area contributed by atoms with Gasteiger partial charge >= 0.3 is 0 Å². The van der Waals surface area contributed by atoms with Crippen molar-refractivity contribution in [3.05, 3.63) is 29.8 Å². The lowest BCUT2D eigenvalue weighted by Gasteiger charge is -2.18. The van der Waals surface area contributed by atoms with Gasteiger partial charge in [0.25, 0.3) is 0 Å². The highest BCUT2D eigenvalue weighted by molar-refractivity contribution is 5.92.